The number of hydrogen-bond acceptors (Lipinski definition) is 2. The van der Waals surface area contributed by atoms with E-state index in [1.807, 2.05) is 30.7 Å². The molecule has 1 aromatic heterocycles. The minimum absolute atomic E-state index is 0.245. The van der Waals surface area contributed by atoms with Gasteiger partial charge in [0.25, 0.3) is 0 Å². The predicted molar refractivity (Wildman–Crippen MR) is 114 cm³/mol. The van der Waals surface area contributed by atoms with E-state index in [2.05, 4.69) is 43.8 Å². The van der Waals surface area contributed by atoms with Crippen molar-refractivity contribution in [2.24, 2.45) is 0 Å². The summed E-state index contributed by atoms with van der Waals surface area (Å²) in [7, 11) is 0. The van der Waals surface area contributed by atoms with Gasteiger partial charge in [0.15, 0.2) is 5.11 Å². The second kappa shape index (κ2) is 8.63. The maximum atomic E-state index is 12.9. The highest BCUT2D eigenvalue weighted by atomic mass is 79.9. The molecule has 0 aliphatic heterocycles. The molecule has 0 amide bonds. The smallest absolute Gasteiger partial charge is 0.171 e. The molecule has 7 heteroatoms. The van der Waals surface area contributed by atoms with E-state index in [9.17, 15) is 4.39 Å². The van der Waals surface area contributed by atoms with Gasteiger partial charge in [-0.15, -0.1) is 0 Å². The Kier molecular flexibility index (Phi) is 6.23. The third-order valence-corrected chi connectivity index (χ3v) is 5.57. The van der Waals surface area contributed by atoms with Crippen molar-refractivity contribution in [2.75, 3.05) is 5.32 Å². The number of rotatable bonds is 5. The largest absolute Gasteiger partial charge is 0.358 e. The van der Waals surface area contributed by atoms with Crippen molar-refractivity contribution >= 4 is 38.9 Å². The van der Waals surface area contributed by atoms with Crippen LogP contribution in [-0.2, 0) is 13.1 Å². The van der Waals surface area contributed by atoms with E-state index in [-0.39, 0.29) is 5.82 Å². The summed E-state index contributed by atoms with van der Waals surface area (Å²) in [6.07, 6.45) is 0. The average molecular weight is 447 g/mol. The van der Waals surface area contributed by atoms with E-state index in [0.29, 0.717) is 18.2 Å². The van der Waals surface area contributed by atoms with Crippen LogP contribution in [0.1, 0.15) is 22.5 Å². The van der Waals surface area contributed by atoms with Crippen molar-refractivity contribution < 1.29 is 4.39 Å². The molecule has 0 aliphatic carbocycles. The van der Waals surface area contributed by atoms with E-state index < -0.39 is 0 Å². The number of hydrogen-bond donors (Lipinski definition) is 2. The quantitative estimate of drug-likeness (QED) is 0.544. The number of halogens is 2. The van der Waals surface area contributed by atoms with Crippen molar-refractivity contribution in [2.45, 2.75) is 26.9 Å². The first kappa shape index (κ1) is 19.5. The summed E-state index contributed by atoms with van der Waals surface area (Å²) >= 11 is 8.91. The lowest BCUT2D eigenvalue weighted by Crippen LogP contribution is -2.27. The van der Waals surface area contributed by atoms with Crippen LogP contribution in [0.4, 0.5) is 10.1 Å². The second-order valence-electron chi connectivity index (χ2n) is 6.28. The van der Waals surface area contributed by atoms with Gasteiger partial charge >= 0.3 is 0 Å². The van der Waals surface area contributed by atoms with Crippen LogP contribution < -0.4 is 10.6 Å². The molecule has 0 saturated carbocycles. The number of aromatic nitrogens is 2. The summed E-state index contributed by atoms with van der Waals surface area (Å²) in [5.41, 5.74) is 5.07. The van der Waals surface area contributed by atoms with Gasteiger partial charge in [-0.2, -0.15) is 5.10 Å². The van der Waals surface area contributed by atoms with E-state index >= 15 is 0 Å². The fraction of sp³-hybridized carbons (Fsp3) is 0.200. The topological polar surface area (TPSA) is 41.9 Å². The zero-order chi connectivity index (χ0) is 19.4. The first-order valence-electron chi connectivity index (χ1n) is 8.50. The van der Waals surface area contributed by atoms with Crippen molar-refractivity contribution in [3.63, 3.8) is 0 Å². The predicted octanol–water partition coefficient (Wildman–Crippen LogP) is 4.94. The van der Waals surface area contributed by atoms with Crippen LogP contribution in [0.5, 0.6) is 0 Å². The van der Waals surface area contributed by atoms with E-state index in [1.54, 1.807) is 12.1 Å². The van der Waals surface area contributed by atoms with Crippen LogP contribution in [0, 0.1) is 19.7 Å². The fourth-order valence-corrected chi connectivity index (χ4v) is 3.18. The Bertz CT molecular complexity index is 953. The molecule has 4 nitrogen and oxygen atoms in total. The number of nitrogens with zero attached hydrogens (tertiary/aromatic N) is 2. The number of nitrogens with one attached hydrogen (secondary N) is 2. The summed E-state index contributed by atoms with van der Waals surface area (Å²) in [5, 5.41) is 11.4. The molecule has 140 valence electrons. The van der Waals surface area contributed by atoms with E-state index in [0.717, 1.165) is 32.7 Å². The monoisotopic (exact) mass is 446 g/mol. The molecule has 2 N–H and O–H groups in total. The Morgan fingerprint density at radius 1 is 1.15 bits per heavy atom. The molecule has 0 radical (unpaired) electrons. The molecular formula is C20H20BrFN4S. The van der Waals surface area contributed by atoms with Gasteiger partial charge in [0, 0.05) is 12.2 Å². The number of thiocarbonyl (C=S) groups is 1. The number of anilines is 1. The van der Waals surface area contributed by atoms with Crippen LogP contribution >= 0.6 is 28.1 Å². The molecule has 27 heavy (non-hydrogen) atoms. The van der Waals surface area contributed by atoms with Crippen molar-refractivity contribution in [3.05, 3.63) is 81.3 Å². The highest BCUT2D eigenvalue weighted by Crippen LogP contribution is 2.21. The Hall–Kier alpha value is -2.25. The van der Waals surface area contributed by atoms with Gasteiger partial charge in [-0.3, -0.25) is 4.68 Å². The number of benzene rings is 2. The fourth-order valence-electron chi connectivity index (χ4n) is 2.71. The van der Waals surface area contributed by atoms with Crippen LogP contribution in [0.15, 0.2) is 53.0 Å². The van der Waals surface area contributed by atoms with Gasteiger partial charge in [0.05, 0.1) is 22.4 Å². The molecule has 0 bridgehead atoms. The van der Waals surface area contributed by atoms with Crippen LogP contribution in [0.25, 0.3) is 0 Å². The average Bonchev–Trinajstić information content (AvgIpc) is 2.88. The molecule has 0 fully saturated rings. The molecule has 2 aromatic carbocycles. The third kappa shape index (κ3) is 5.14. The van der Waals surface area contributed by atoms with Gasteiger partial charge in [0.2, 0.25) is 0 Å². The molecule has 0 atom stereocenters. The molecule has 0 spiro atoms. The maximum Gasteiger partial charge on any atom is 0.171 e. The highest BCUT2D eigenvalue weighted by Gasteiger charge is 2.09. The minimum atomic E-state index is -0.245. The standard InChI is InChI=1S/C20H20BrFN4S/c1-13-19(21)14(2)26(25-13)12-16-4-3-5-18(10-16)24-20(27)23-11-15-6-8-17(22)9-7-15/h3-10H,11-12H2,1-2H3,(H2,23,24,27). The van der Waals surface area contributed by atoms with Gasteiger partial charge in [-0.05, 0) is 77.4 Å². The molecule has 0 saturated heterocycles. The summed E-state index contributed by atoms with van der Waals surface area (Å²) in [6, 6.07) is 14.4. The van der Waals surface area contributed by atoms with Gasteiger partial charge in [-0.25, -0.2) is 4.39 Å². The Balaban J connectivity index is 1.60. The SMILES string of the molecule is Cc1nn(Cc2cccc(NC(=S)NCc3ccc(F)cc3)c2)c(C)c1Br. The molecular weight excluding hydrogens is 427 g/mol. The summed E-state index contributed by atoms with van der Waals surface area (Å²) < 4.78 is 16.0. The van der Waals surface area contributed by atoms with Crippen molar-refractivity contribution in [3.8, 4) is 0 Å². The van der Waals surface area contributed by atoms with Crippen LogP contribution in [0.3, 0.4) is 0 Å². The minimum Gasteiger partial charge on any atom is -0.358 e. The molecule has 3 rings (SSSR count). The first-order valence-corrected chi connectivity index (χ1v) is 9.70. The maximum absolute atomic E-state index is 12.9. The lowest BCUT2D eigenvalue weighted by Gasteiger charge is -2.12. The third-order valence-electron chi connectivity index (χ3n) is 4.18. The number of aryl methyl sites for hydroxylation is 1. The Morgan fingerprint density at radius 3 is 2.56 bits per heavy atom. The Morgan fingerprint density at radius 2 is 1.89 bits per heavy atom. The molecule has 1 heterocycles. The van der Waals surface area contributed by atoms with Gasteiger partial charge in [-0.1, -0.05) is 24.3 Å². The molecule has 0 aliphatic rings. The summed E-state index contributed by atoms with van der Waals surface area (Å²) in [4.78, 5) is 0. The van der Waals surface area contributed by atoms with E-state index in [4.69, 9.17) is 12.2 Å². The van der Waals surface area contributed by atoms with Gasteiger partial charge < -0.3 is 10.6 Å². The van der Waals surface area contributed by atoms with Crippen LogP contribution in [-0.4, -0.2) is 14.9 Å². The van der Waals surface area contributed by atoms with Crippen molar-refractivity contribution in [1.29, 1.82) is 0 Å². The van der Waals surface area contributed by atoms with Crippen LogP contribution in [0.2, 0.25) is 0 Å². The normalized spacial score (nSPS) is 10.7. The highest BCUT2D eigenvalue weighted by molar-refractivity contribution is 9.10. The molecule has 0 unspecified atom stereocenters. The molecule has 3 aromatic rings. The Labute approximate surface area is 171 Å². The van der Waals surface area contributed by atoms with Gasteiger partial charge in [0.1, 0.15) is 5.82 Å². The summed E-state index contributed by atoms with van der Waals surface area (Å²) in [5.74, 6) is -0.245. The lowest BCUT2D eigenvalue weighted by molar-refractivity contribution is 0.627. The zero-order valence-electron chi connectivity index (χ0n) is 15.1. The van der Waals surface area contributed by atoms with E-state index in [1.165, 1.54) is 12.1 Å². The lowest BCUT2D eigenvalue weighted by atomic mass is 10.2. The first-order chi connectivity index (χ1) is 12.9. The summed E-state index contributed by atoms with van der Waals surface area (Å²) in [6.45, 7) is 5.24. The van der Waals surface area contributed by atoms with Crippen molar-refractivity contribution in [1.82, 2.24) is 15.1 Å². The second-order valence-corrected chi connectivity index (χ2v) is 7.48. The zero-order valence-corrected chi connectivity index (χ0v) is 17.5.